The second-order valence-corrected chi connectivity index (χ2v) is 13.2. The molecule has 2 unspecified atom stereocenters. The molecule has 13 heteroatoms. The van der Waals surface area contributed by atoms with E-state index in [4.69, 9.17) is 11.6 Å². The smallest absolute Gasteiger partial charge is 0.308 e. The van der Waals surface area contributed by atoms with Gasteiger partial charge in [-0.3, -0.25) is 33.9 Å². The number of hydrogen-bond acceptors (Lipinski definition) is 8. The number of anilines is 2. The zero-order valence-electron chi connectivity index (χ0n) is 23.1. The van der Waals surface area contributed by atoms with E-state index in [1.165, 1.54) is 28.8 Å². The summed E-state index contributed by atoms with van der Waals surface area (Å²) in [6, 6.07) is 25.4. The molecular formula is C32H21ClN4O6S2. The molecule has 3 atom stereocenters. The number of benzene rings is 4. The Balaban J connectivity index is 1.25. The van der Waals surface area contributed by atoms with Crippen LogP contribution in [0.15, 0.2) is 101 Å². The lowest BCUT2D eigenvalue weighted by molar-refractivity contribution is -0.384. The Morgan fingerprint density at radius 2 is 1.62 bits per heavy atom. The van der Waals surface area contributed by atoms with Gasteiger partial charge in [0.25, 0.3) is 5.69 Å². The number of imide groups is 1. The number of nitrogens with one attached hydrogen (secondary N) is 1. The summed E-state index contributed by atoms with van der Waals surface area (Å²) in [7, 11) is 0. The van der Waals surface area contributed by atoms with Gasteiger partial charge in [0.05, 0.1) is 21.6 Å². The van der Waals surface area contributed by atoms with Crippen molar-refractivity contribution in [3.63, 3.8) is 0 Å². The molecule has 0 aliphatic carbocycles. The van der Waals surface area contributed by atoms with E-state index < -0.39 is 39.7 Å². The summed E-state index contributed by atoms with van der Waals surface area (Å²) in [6.07, 6.45) is 0. The summed E-state index contributed by atoms with van der Waals surface area (Å²) in [5.41, 5.74) is 1.32. The van der Waals surface area contributed by atoms with Crippen molar-refractivity contribution < 1.29 is 19.3 Å². The number of carbonyl (C=O) groups is 3. The Labute approximate surface area is 268 Å². The third-order valence-electron chi connectivity index (χ3n) is 7.93. The molecule has 3 heterocycles. The van der Waals surface area contributed by atoms with Crippen LogP contribution in [0, 0.1) is 16.0 Å². The monoisotopic (exact) mass is 656 g/mol. The molecule has 2 aliphatic heterocycles. The van der Waals surface area contributed by atoms with Crippen molar-refractivity contribution in [2.24, 2.45) is 5.92 Å². The first kappa shape index (κ1) is 29.0. The first-order valence-corrected chi connectivity index (χ1v) is 15.8. The van der Waals surface area contributed by atoms with Crippen LogP contribution in [0.25, 0.3) is 10.8 Å². The minimum absolute atomic E-state index is 0.170. The fourth-order valence-electron chi connectivity index (χ4n) is 5.87. The lowest BCUT2D eigenvalue weighted by Gasteiger charge is -2.30. The van der Waals surface area contributed by atoms with Gasteiger partial charge in [-0.25, -0.2) is 4.90 Å². The molecule has 45 heavy (non-hydrogen) atoms. The molecule has 1 saturated heterocycles. The second-order valence-electron chi connectivity index (χ2n) is 10.6. The predicted octanol–water partition coefficient (Wildman–Crippen LogP) is 6.06. The molecule has 0 spiro atoms. The van der Waals surface area contributed by atoms with Gasteiger partial charge in [0, 0.05) is 33.6 Å². The summed E-state index contributed by atoms with van der Waals surface area (Å²) in [4.78, 5) is 66.3. The molecule has 0 bridgehead atoms. The predicted molar refractivity (Wildman–Crippen MR) is 173 cm³/mol. The number of thioether (sulfide) groups is 1. The maximum atomic E-state index is 14.0. The Morgan fingerprint density at radius 1 is 0.911 bits per heavy atom. The first-order chi connectivity index (χ1) is 21.7. The minimum atomic E-state index is -0.898. The van der Waals surface area contributed by atoms with Crippen molar-refractivity contribution in [3.05, 3.63) is 126 Å². The number of carbonyl (C=O) groups excluding carboxylic acids is 3. The van der Waals surface area contributed by atoms with E-state index in [-0.39, 0.29) is 22.8 Å². The molecule has 0 radical (unpaired) electrons. The van der Waals surface area contributed by atoms with Gasteiger partial charge >= 0.3 is 4.87 Å². The molecule has 1 aromatic heterocycles. The van der Waals surface area contributed by atoms with Gasteiger partial charge in [0.1, 0.15) is 11.8 Å². The number of nitro groups is 1. The van der Waals surface area contributed by atoms with Crippen LogP contribution in [-0.4, -0.2) is 32.5 Å². The molecule has 10 nitrogen and oxygen atoms in total. The van der Waals surface area contributed by atoms with Crippen molar-refractivity contribution in [3.8, 4) is 0 Å². The number of fused-ring (bicyclic) bond motifs is 3. The van der Waals surface area contributed by atoms with E-state index in [2.05, 4.69) is 5.32 Å². The zero-order chi connectivity index (χ0) is 31.4. The highest BCUT2D eigenvalue weighted by Crippen LogP contribution is 2.54. The SMILES string of the molecule is O=C(Cn1c2c(sc1=O)[C@H](c1ccc(Cl)cc1)C1C(=O)N(c3ccc([N+](=O)[O-])cc3)C(=O)C1S2)Nc1ccc2ccccc2c1. The van der Waals surface area contributed by atoms with Gasteiger partial charge in [-0.2, -0.15) is 0 Å². The number of halogens is 1. The molecule has 1 N–H and O–H groups in total. The number of amides is 3. The van der Waals surface area contributed by atoms with Crippen LogP contribution in [0.3, 0.4) is 0 Å². The lowest BCUT2D eigenvalue weighted by atomic mass is 9.83. The van der Waals surface area contributed by atoms with Crippen LogP contribution in [0.2, 0.25) is 5.02 Å². The lowest BCUT2D eigenvalue weighted by Crippen LogP contribution is -2.33. The van der Waals surface area contributed by atoms with Crippen LogP contribution in [0.5, 0.6) is 0 Å². The van der Waals surface area contributed by atoms with Gasteiger partial charge in [0.2, 0.25) is 17.7 Å². The summed E-state index contributed by atoms with van der Waals surface area (Å²) in [5, 5.41) is 16.0. The number of nitrogens with zero attached hydrogens (tertiary/aromatic N) is 3. The normalized spacial score (nSPS) is 19.0. The minimum Gasteiger partial charge on any atom is -0.325 e. The van der Waals surface area contributed by atoms with Crippen LogP contribution in [-0.2, 0) is 20.9 Å². The zero-order valence-corrected chi connectivity index (χ0v) is 25.5. The van der Waals surface area contributed by atoms with Gasteiger partial charge in [0.15, 0.2) is 0 Å². The molecule has 0 saturated carbocycles. The van der Waals surface area contributed by atoms with Crippen LogP contribution >= 0.6 is 34.7 Å². The van der Waals surface area contributed by atoms with E-state index in [0.29, 0.717) is 26.2 Å². The quantitative estimate of drug-likeness (QED) is 0.134. The molecule has 7 rings (SSSR count). The second kappa shape index (κ2) is 11.3. The fourth-order valence-corrected chi connectivity index (χ4v) is 8.77. The maximum absolute atomic E-state index is 14.0. The average molecular weight is 657 g/mol. The number of nitro benzene ring substituents is 1. The largest absolute Gasteiger partial charge is 0.325 e. The van der Waals surface area contributed by atoms with E-state index in [0.717, 1.165) is 38.8 Å². The summed E-state index contributed by atoms with van der Waals surface area (Å²) < 4.78 is 1.35. The van der Waals surface area contributed by atoms with Crippen LogP contribution in [0.1, 0.15) is 16.4 Å². The van der Waals surface area contributed by atoms with Crippen LogP contribution in [0.4, 0.5) is 17.1 Å². The van der Waals surface area contributed by atoms with E-state index >= 15 is 0 Å². The molecule has 2 aliphatic rings. The third kappa shape index (κ3) is 5.10. The molecule has 224 valence electrons. The van der Waals surface area contributed by atoms with Crippen molar-refractivity contribution in [2.75, 3.05) is 10.2 Å². The van der Waals surface area contributed by atoms with Gasteiger partial charge in [-0.1, -0.05) is 77.2 Å². The van der Waals surface area contributed by atoms with Crippen molar-refractivity contribution in [2.45, 2.75) is 22.7 Å². The first-order valence-electron chi connectivity index (χ1n) is 13.8. The van der Waals surface area contributed by atoms with E-state index in [9.17, 15) is 29.3 Å². The molecule has 1 fully saturated rings. The summed E-state index contributed by atoms with van der Waals surface area (Å²) >= 11 is 8.20. The van der Waals surface area contributed by atoms with Crippen molar-refractivity contribution in [1.29, 1.82) is 0 Å². The number of hydrogen-bond donors (Lipinski definition) is 1. The summed E-state index contributed by atoms with van der Waals surface area (Å²) in [6.45, 7) is -0.288. The number of rotatable bonds is 6. The van der Waals surface area contributed by atoms with Gasteiger partial charge < -0.3 is 5.32 Å². The Bertz CT molecular complexity index is 2090. The van der Waals surface area contributed by atoms with E-state index in [1.807, 2.05) is 36.4 Å². The van der Waals surface area contributed by atoms with Crippen LogP contribution < -0.4 is 15.1 Å². The Hall–Kier alpha value is -4.78. The topological polar surface area (TPSA) is 132 Å². The molecule has 4 aromatic carbocycles. The number of aromatic nitrogens is 1. The maximum Gasteiger partial charge on any atom is 0.308 e. The highest BCUT2D eigenvalue weighted by molar-refractivity contribution is 8.00. The van der Waals surface area contributed by atoms with E-state index in [1.54, 1.807) is 30.3 Å². The molecule has 5 aromatic rings. The summed E-state index contributed by atoms with van der Waals surface area (Å²) in [5.74, 6) is -2.91. The van der Waals surface area contributed by atoms with Gasteiger partial charge in [-0.05, 0) is 52.7 Å². The molecular weight excluding hydrogens is 636 g/mol. The highest BCUT2D eigenvalue weighted by Gasteiger charge is 2.56. The standard InChI is InChI=1S/C32H21ClN4O6S2/c33-20-8-5-18(6-9-20)25-26-27(30(40)36(29(26)39)22-11-13-23(14-12-22)37(42)43)44-31-28(25)45-32(41)35(31)16-24(38)34-21-10-7-17-3-1-2-4-19(17)15-21/h1-15,25-27H,16H2,(H,34,38)/t25-,26?,27?/m1/s1. The number of thiazole rings is 1. The highest BCUT2D eigenvalue weighted by atomic mass is 35.5. The molecule has 3 amide bonds. The third-order valence-corrected chi connectivity index (χ3v) is 10.8. The average Bonchev–Trinajstić information content (AvgIpc) is 3.47. The van der Waals surface area contributed by atoms with Crippen molar-refractivity contribution >= 4 is 80.3 Å². The van der Waals surface area contributed by atoms with Crippen molar-refractivity contribution in [1.82, 2.24) is 4.57 Å². The number of non-ortho nitro benzene ring substituents is 1. The Kier molecular flexibility index (Phi) is 7.27. The fraction of sp³-hybridized carbons (Fsp3) is 0.125. The Morgan fingerprint density at radius 3 is 2.33 bits per heavy atom. The van der Waals surface area contributed by atoms with Gasteiger partial charge in [-0.15, -0.1) is 0 Å².